The van der Waals surface area contributed by atoms with E-state index in [1.54, 1.807) is 6.20 Å². The molecule has 2 aromatic rings. The second-order valence-corrected chi connectivity index (χ2v) is 7.64. The molecule has 0 saturated carbocycles. The van der Waals surface area contributed by atoms with Gasteiger partial charge in [0, 0.05) is 62.8 Å². The van der Waals surface area contributed by atoms with Crippen LogP contribution in [0.15, 0.2) is 42.7 Å². The van der Waals surface area contributed by atoms with Crippen LogP contribution in [-0.2, 0) is 4.79 Å². The van der Waals surface area contributed by atoms with Crippen LogP contribution in [0, 0.1) is 0 Å². The first-order valence-electron chi connectivity index (χ1n) is 10.1. The van der Waals surface area contributed by atoms with Crippen molar-refractivity contribution in [3.8, 4) is 5.69 Å². The lowest BCUT2D eigenvalue weighted by molar-refractivity contribution is -0.127. The molecule has 2 aliphatic heterocycles. The minimum Gasteiger partial charge on any atom is -0.371 e. The fourth-order valence-corrected chi connectivity index (χ4v) is 4.25. The largest absolute Gasteiger partial charge is 0.371 e. The summed E-state index contributed by atoms with van der Waals surface area (Å²) in [5.41, 5.74) is 2.36. The smallest absolute Gasteiger partial charge is 0.224 e. The van der Waals surface area contributed by atoms with Crippen molar-refractivity contribution in [1.82, 2.24) is 20.0 Å². The van der Waals surface area contributed by atoms with E-state index in [0.717, 1.165) is 51.1 Å². The molecule has 1 aromatic carbocycles. The molecule has 1 N–H and O–H groups in total. The third-order valence-corrected chi connectivity index (χ3v) is 5.66. The summed E-state index contributed by atoms with van der Waals surface area (Å²) < 4.78 is 1.88. The lowest BCUT2D eigenvalue weighted by Gasteiger charge is -2.35. The highest BCUT2D eigenvalue weighted by atomic mass is 16.2. The molecule has 1 unspecified atom stereocenters. The molecule has 2 saturated heterocycles. The minimum atomic E-state index is 0.309. The number of hydrogen-bond acceptors (Lipinski definition) is 4. The predicted octanol–water partition coefficient (Wildman–Crippen LogP) is 2.44. The van der Waals surface area contributed by atoms with Crippen LogP contribution in [0.4, 0.5) is 5.69 Å². The maximum absolute atomic E-state index is 12.0. The Bertz CT molecular complexity index is 734. The van der Waals surface area contributed by atoms with E-state index in [0.29, 0.717) is 24.4 Å². The molecule has 4 rings (SSSR count). The summed E-state index contributed by atoms with van der Waals surface area (Å²) in [5, 5.41) is 8.01. The van der Waals surface area contributed by atoms with E-state index in [-0.39, 0.29) is 0 Å². The van der Waals surface area contributed by atoms with Crippen LogP contribution in [-0.4, -0.2) is 58.9 Å². The van der Waals surface area contributed by atoms with Gasteiger partial charge in [-0.15, -0.1) is 0 Å². The molecule has 1 aromatic heterocycles. The number of nitrogens with one attached hydrogen (secondary N) is 1. The number of anilines is 1. The Morgan fingerprint density at radius 2 is 1.85 bits per heavy atom. The van der Waals surface area contributed by atoms with Gasteiger partial charge in [0.05, 0.1) is 5.69 Å². The monoisotopic (exact) mass is 367 g/mol. The SMILES string of the molecule is CCCN1CC(NC2CCN(c3ccc(-n4cccn4)cc3)CC2)CC1=O. The zero-order valence-electron chi connectivity index (χ0n) is 16.1. The van der Waals surface area contributed by atoms with Gasteiger partial charge in [-0.1, -0.05) is 6.92 Å². The summed E-state index contributed by atoms with van der Waals surface area (Å²) in [6.07, 6.45) is 7.70. The van der Waals surface area contributed by atoms with Gasteiger partial charge in [-0.3, -0.25) is 4.79 Å². The molecule has 0 spiro atoms. The lowest BCUT2D eigenvalue weighted by atomic mass is 10.0. The first-order valence-corrected chi connectivity index (χ1v) is 10.1. The van der Waals surface area contributed by atoms with Crippen LogP contribution in [0.1, 0.15) is 32.6 Å². The highest BCUT2D eigenvalue weighted by molar-refractivity contribution is 5.79. The summed E-state index contributed by atoms with van der Waals surface area (Å²) in [5.74, 6) is 0.309. The van der Waals surface area contributed by atoms with Gasteiger partial charge in [0.1, 0.15) is 0 Å². The first-order chi connectivity index (χ1) is 13.2. The highest BCUT2D eigenvalue weighted by Crippen LogP contribution is 2.22. The van der Waals surface area contributed by atoms with E-state index in [4.69, 9.17) is 0 Å². The van der Waals surface area contributed by atoms with Gasteiger partial charge >= 0.3 is 0 Å². The molecule has 27 heavy (non-hydrogen) atoms. The molecule has 0 aliphatic carbocycles. The molecular weight excluding hydrogens is 338 g/mol. The summed E-state index contributed by atoms with van der Waals surface area (Å²) >= 11 is 0. The summed E-state index contributed by atoms with van der Waals surface area (Å²) in [6, 6.07) is 11.4. The maximum atomic E-state index is 12.0. The summed E-state index contributed by atoms with van der Waals surface area (Å²) in [4.78, 5) is 16.5. The molecule has 0 bridgehead atoms. The first kappa shape index (κ1) is 18.0. The van der Waals surface area contributed by atoms with Crippen molar-refractivity contribution in [3.63, 3.8) is 0 Å². The Morgan fingerprint density at radius 3 is 2.52 bits per heavy atom. The van der Waals surface area contributed by atoms with E-state index < -0.39 is 0 Å². The van der Waals surface area contributed by atoms with Crippen molar-refractivity contribution < 1.29 is 4.79 Å². The Morgan fingerprint density at radius 1 is 1.11 bits per heavy atom. The zero-order chi connectivity index (χ0) is 18.6. The van der Waals surface area contributed by atoms with E-state index in [9.17, 15) is 4.79 Å². The zero-order valence-corrected chi connectivity index (χ0v) is 16.1. The van der Waals surface area contributed by atoms with E-state index in [1.807, 2.05) is 21.8 Å². The number of benzene rings is 1. The fourth-order valence-electron chi connectivity index (χ4n) is 4.25. The van der Waals surface area contributed by atoms with Crippen molar-refractivity contribution in [2.24, 2.45) is 0 Å². The van der Waals surface area contributed by atoms with Crippen LogP contribution in [0.3, 0.4) is 0 Å². The van der Waals surface area contributed by atoms with Crippen molar-refractivity contribution >= 4 is 11.6 Å². The molecule has 2 fully saturated rings. The molecule has 1 amide bonds. The summed E-state index contributed by atoms with van der Waals surface area (Å²) in [6.45, 7) is 6.01. The van der Waals surface area contributed by atoms with Gasteiger partial charge in [-0.05, 0) is 49.6 Å². The second kappa shape index (κ2) is 8.13. The van der Waals surface area contributed by atoms with E-state index in [1.165, 1.54) is 5.69 Å². The number of likely N-dealkylation sites (tertiary alicyclic amines) is 1. The molecule has 6 heteroatoms. The van der Waals surface area contributed by atoms with Crippen molar-refractivity contribution in [2.45, 2.75) is 44.7 Å². The van der Waals surface area contributed by atoms with Gasteiger partial charge in [-0.2, -0.15) is 5.10 Å². The molecule has 6 nitrogen and oxygen atoms in total. The molecule has 144 valence electrons. The minimum absolute atomic E-state index is 0.309. The van der Waals surface area contributed by atoms with Gasteiger partial charge in [0.15, 0.2) is 0 Å². The number of amides is 1. The Labute approximate surface area is 161 Å². The van der Waals surface area contributed by atoms with Crippen LogP contribution in [0.5, 0.6) is 0 Å². The van der Waals surface area contributed by atoms with Gasteiger partial charge in [0.25, 0.3) is 0 Å². The molecule has 1 atom stereocenters. The molecule has 0 radical (unpaired) electrons. The number of carbonyl (C=O) groups is 1. The highest BCUT2D eigenvalue weighted by Gasteiger charge is 2.31. The van der Waals surface area contributed by atoms with Crippen molar-refractivity contribution in [1.29, 1.82) is 0 Å². The van der Waals surface area contributed by atoms with Gasteiger partial charge in [0.2, 0.25) is 5.91 Å². The number of hydrogen-bond donors (Lipinski definition) is 1. The topological polar surface area (TPSA) is 53.4 Å². The van der Waals surface area contributed by atoms with Gasteiger partial charge in [-0.25, -0.2) is 4.68 Å². The average molecular weight is 367 g/mol. The van der Waals surface area contributed by atoms with Crippen molar-refractivity contribution in [3.05, 3.63) is 42.7 Å². The van der Waals surface area contributed by atoms with Crippen LogP contribution in [0.2, 0.25) is 0 Å². The van der Waals surface area contributed by atoms with Crippen LogP contribution >= 0.6 is 0 Å². The van der Waals surface area contributed by atoms with Crippen LogP contribution in [0.25, 0.3) is 5.69 Å². The normalized spacial score (nSPS) is 21.2. The molecule has 2 aliphatic rings. The number of carbonyl (C=O) groups excluding carboxylic acids is 1. The summed E-state index contributed by atoms with van der Waals surface area (Å²) in [7, 11) is 0. The second-order valence-electron chi connectivity index (χ2n) is 7.64. The lowest BCUT2D eigenvalue weighted by Crippen LogP contribution is -2.47. The fraction of sp³-hybridized carbons (Fsp3) is 0.524. The standard InChI is InChI=1S/C21H29N5O/c1-2-11-25-16-18(15-21(25)27)23-17-8-13-24(14-9-17)19-4-6-20(7-5-19)26-12-3-10-22-26/h3-7,10,12,17-18,23H,2,8-9,11,13-16H2,1H3. The maximum Gasteiger partial charge on any atom is 0.224 e. The average Bonchev–Trinajstić information content (AvgIpc) is 3.34. The quantitative estimate of drug-likeness (QED) is 0.852. The Kier molecular flexibility index (Phi) is 5.43. The van der Waals surface area contributed by atoms with E-state index >= 15 is 0 Å². The Hall–Kier alpha value is -2.34. The van der Waals surface area contributed by atoms with Crippen LogP contribution < -0.4 is 10.2 Å². The third-order valence-electron chi connectivity index (χ3n) is 5.66. The van der Waals surface area contributed by atoms with Crippen molar-refractivity contribution in [2.75, 3.05) is 31.1 Å². The third kappa shape index (κ3) is 4.16. The molecular formula is C21H29N5O. The molecule has 3 heterocycles. The van der Waals surface area contributed by atoms with Gasteiger partial charge < -0.3 is 15.1 Å². The van der Waals surface area contributed by atoms with E-state index in [2.05, 4.69) is 46.5 Å². The number of piperidine rings is 1. The number of aromatic nitrogens is 2. The number of nitrogens with zero attached hydrogens (tertiary/aromatic N) is 4. The number of rotatable bonds is 6. The Balaban J connectivity index is 1.27. The predicted molar refractivity (Wildman–Crippen MR) is 107 cm³/mol.